The molecule has 1 fully saturated rings. The van der Waals surface area contributed by atoms with Crippen molar-refractivity contribution < 1.29 is 4.42 Å². The lowest BCUT2D eigenvalue weighted by Gasteiger charge is -2.17. The molecule has 1 aliphatic rings. The molecule has 0 saturated carbocycles. The molecule has 0 aliphatic carbocycles. The second-order valence-electron chi connectivity index (χ2n) is 8.87. The number of hydrogen-bond acceptors (Lipinski definition) is 4. The first-order chi connectivity index (χ1) is 13.9. The minimum Gasteiger partial charge on any atom is -0.443 e. The maximum atomic E-state index is 5.84. The lowest BCUT2D eigenvalue weighted by molar-refractivity contribution is 0.328. The fourth-order valence-corrected chi connectivity index (χ4v) is 3.57. The van der Waals surface area contributed by atoms with Crippen LogP contribution in [0.5, 0.6) is 0 Å². The van der Waals surface area contributed by atoms with Gasteiger partial charge in [0.15, 0.2) is 5.96 Å². The molecule has 1 saturated heterocycles. The number of nitrogens with zero attached hydrogens (tertiary/aromatic N) is 3. The fourth-order valence-electron chi connectivity index (χ4n) is 3.57. The van der Waals surface area contributed by atoms with Crippen molar-refractivity contribution in [2.24, 2.45) is 10.9 Å². The van der Waals surface area contributed by atoms with Crippen LogP contribution in [0.15, 0.2) is 45.9 Å². The summed E-state index contributed by atoms with van der Waals surface area (Å²) in [6, 6.07) is 10.7. The first kappa shape index (κ1) is 21.4. The molecule has 1 aromatic heterocycles. The molecule has 29 heavy (non-hydrogen) atoms. The number of rotatable bonds is 7. The second-order valence-corrected chi connectivity index (χ2v) is 8.87. The van der Waals surface area contributed by atoms with Gasteiger partial charge in [-0.05, 0) is 30.9 Å². The zero-order valence-corrected chi connectivity index (χ0v) is 18.2. The zero-order valence-electron chi connectivity index (χ0n) is 18.2. The summed E-state index contributed by atoms with van der Waals surface area (Å²) in [5, 5.41) is 6.76. The van der Waals surface area contributed by atoms with Crippen molar-refractivity contribution >= 4 is 5.96 Å². The molecular weight excluding hydrogens is 362 g/mol. The van der Waals surface area contributed by atoms with Gasteiger partial charge in [-0.3, -0.25) is 4.99 Å². The molecule has 158 valence electrons. The number of aliphatic imine (C=N–C) groups is 1. The van der Waals surface area contributed by atoms with Crippen LogP contribution in [0.4, 0.5) is 0 Å². The highest BCUT2D eigenvalue weighted by molar-refractivity contribution is 5.79. The van der Waals surface area contributed by atoms with E-state index in [1.807, 2.05) is 6.20 Å². The molecule has 6 heteroatoms. The Labute approximate surface area is 174 Å². The molecule has 3 rings (SSSR count). The molecule has 1 aliphatic heterocycles. The van der Waals surface area contributed by atoms with Crippen LogP contribution in [0.1, 0.15) is 44.4 Å². The number of nitrogens with one attached hydrogen (secondary N) is 2. The number of likely N-dealkylation sites (tertiary alicyclic amines) is 1. The van der Waals surface area contributed by atoms with Gasteiger partial charge in [-0.15, -0.1) is 0 Å². The van der Waals surface area contributed by atoms with Crippen molar-refractivity contribution in [3.63, 3.8) is 0 Å². The monoisotopic (exact) mass is 397 g/mol. The molecule has 0 radical (unpaired) electrons. The number of benzene rings is 1. The Hall–Kier alpha value is -2.34. The molecule has 0 bridgehead atoms. The highest BCUT2D eigenvalue weighted by atomic mass is 16.4. The normalized spacial score (nSPS) is 18.2. The van der Waals surface area contributed by atoms with E-state index in [-0.39, 0.29) is 5.41 Å². The standard InChI is InChI=1S/C23H35N5O/c1-23(2,3)20-15-25-21(29-20)16-27-22(24-4)26-14-19-11-13-28(17-19)12-10-18-8-6-5-7-9-18/h5-9,15,19H,10-14,16-17H2,1-4H3,(H2,24,26,27). The summed E-state index contributed by atoms with van der Waals surface area (Å²) < 4.78 is 5.84. The van der Waals surface area contributed by atoms with E-state index in [1.165, 1.54) is 18.5 Å². The van der Waals surface area contributed by atoms with E-state index in [2.05, 4.69) is 76.6 Å². The van der Waals surface area contributed by atoms with Crippen LogP contribution in [-0.2, 0) is 18.4 Å². The maximum Gasteiger partial charge on any atom is 0.213 e. The number of guanidine groups is 1. The largest absolute Gasteiger partial charge is 0.443 e. The van der Waals surface area contributed by atoms with Gasteiger partial charge < -0.3 is 20.0 Å². The Morgan fingerprint density at radius 1 is 1.24 bits per heavy atom. The molecule has 6 nitrogen and oxygen atoms in total. The Bertz CT molecular complexity index is 778. The van der Waals surface area contributed by atoms with Crippen LogP contribution in [0, 0.1) is 5.92 Å². The Kier molecular flexibility index (Phi) is 7.31. The van der Waals surface area contributed by atoms with Gasteiger partial charge in [0.1, 0.15) is 5.76 Å². The predicted molar refractivity (Wildman–Crippen MR) is 118 cm³/mol. The molecule has 2 aromatic rings. The van der Waals surface area contributed by atoms with Gasteiger partial charge in [0, 0.05) is 32.1 Å². The van der Waals surface area contributed by atoms with E-state index in [9.17, 15) is 0 Å². The van der Waals surface area contributed by atoms with E-state index in [4.69, 9.17) is 4.42 Å². The van der Waals surface area contributed by atoms with Gasteiger partial charge in [0.05, 0.1) is 12.7 Å². The third kappa shape index (κ3) is 6.60. The van der Waals surface area contributed by atoms with Crippen molar-refractivity contribution in [1.82, 2.24) is 20.5 Å². The summed E-state index contributed by atoms with van der Waals surface area (Å²) >= 11 is 0. The smallest absolute Gasteiger partial charge is 0.213 e. The molecule has 0 amide bonds. The summed E-state index contributed by atoms with van der Waals surface area (Å²) in [5.74, 6) is 3.03. The van der Waals surface area contributed by atoms with Crippen molar-refractivity contribution in [3.8, 4) is 0 Å². The first-order valence-corrected chi connectivity index (χ1v) is 10.6. The van der Waals surface area contributed by atoms with E-state index < -0.39 is 0 Å². The van der Waals surface area contributed by atoms with Crippen LogP contribution in [0.25, 0.3) is 0 Å². The van der Waals surface area contributed by atoms with Crippen molar-refractivity contribution in [3.05, 3.63) is 53.7 Å². The van der Waals surface area contributed by atoms with Crippen molar-refractivity contribution in [1.29, 1.82) is 0 Å². The summed E-state index contributed by atoms with van der Waals surface area (Å²) in [4.78, 5) is 11.3. The third-order valence-electron chi connectivity index (χ3n) is 5.41. The second kappa shape index (κ2) is 9.92. The van der Waals surface area contributed by atoms with Crippen LogP contribution in [0.3, 0.4) is 0 Å². The quantitative estimate of drug-likeness (QED) is 0.555. The number of hydrogen-bond donors (Lipinski definition) is 2. The van der Waals surface area contributed by atoms with Crippen LogP contribution in [-0.4, -0.2) is 49.1 Å². The Morgan fingerprint density at radius 3 is 2.72 bits per heavy atom. The molecule has 2 heterocycles. The van der Waals surface area contributed by atoms with Gasteiger partial charge >= 0.3 is 0 Å². The Morgan fingerprint density at radius 2 is 2.03 bits per heavy atom. The molecule has 0 spiro atoms. The van der Waals surface area contributed by atoms with Crippen molar-refractivity contribution in [2.75, 3.05) is 33.2 Å². The van der Waals surface area contributed by atoms with Crippen LogP contribution < -0.4 is 10.6 Å². The summed E-state index contributed by atoms with van der Waals surface area (Å²) in [6.45, 7) is 11.3. The molecule has 1 unspecified atom stereocenters. The SMILES string of the molecule is CN=C(NCc1ncc(C(C)(C)C)o1)NCC1CCN(CCc2ccccc2)C1. The average Bonchev–Trinajstić information content (AvgIpc) is 3.37. The van der Waals surface area contributed by atoms with E-state index in [0.717, 1.165) is 37.8 Å². The molecule has 2 N–H and O–H groups in total. The van der Waals surface area contributed by atoms with Gasteiger partial charge in [0.2, 0.25) is 5.89 Å². The van der Waals surface area contributed by atoms with Gasteiger partial charge in [0.25, 0.3) is 0 Å². The zero-order chi connectivity index (χ0) is 20.7. The van der Waals surface area contributed by atoms with Gasteiger partial charge in [-0.25, -0.2) is 4.98 Å². The summed E-state index contributed by atoms with van der Waals surface area (Å²) in [7, 11) is 1.80. The minimum atomic E-state index is -0.0277. The van der Waals surface area contributed by atoms with Gasteiger partial charge in [-0.1, -0.05) is 51.1 Å². The van der Waals surface area contributed by atoms with E-state index >= 15 is 0 Å². The summed E-state index contributed by atoms with van der Waals surface area (Å²) in [5.41, 5.74) is 1.39. The lowest BCUT2D eigenvalue weighted by Crippen LogP contribution is -2.40. The van der Waals surface area contributed by atoms with E-state index in [0.29, 0.717) is 18.4 Å². The molecule has 1 aromatic carbocycles. The Balaban J connectivity index is 1.37. The van der Waals surface area contributed by atoms with Crippen molar-refractivity contribution in [2.45, 2.75) is 45.6 Å². The van der Waals surface area contributed by atoms with Gasteiger partial charge in [-0.2, -0.15) is 0 Å². The first-order valence-electron chi connectivity index (χ1n) is 10.6. The molecule has 1 atom stereocenters. The average molecular weight is 398 g/mol. The number of aromatic nitrogens is 1. The topological polar surface area (TPSA) is 65.7 Å². The minimum absolute atomic E-state index is 0.0277. The third-order valence-corrected chi connectivity index (χ3v) is 5.41. The van der Waals surface area contributed by atoms with Crippen LogP contribution in [0.2, 0.25) is 0 Å². The van der Waals surface area contributed by atoms with E-state index in [1.54, 1.807) is 7.05 Å². The summed E-state index contributed by atoms with van der Waals surface area (Å²) in [6.07, 6.45) is 4.17. The molecular formula is C23H35N5O. The highest BCUT2D eigenvalue weighted by Crippen LogP contribution is 2.22. The predicted octanol–water partition coefficient (Wildman–Crippen LogP) is 3.20. The number of oxazole rings is 1. The highest BCUT2D eigenvalue weighted by Gasteiger charge is 2.22. The van der Waals surface area contributed by atoms with Crippen LogP contribution >= 0.6 is 0 Å². The maximum absolute atomic E-state index is 5.84. The fraction of sp³-hybridized carbons (Fsp3) is 0.565. The lowest BCUT2D eigenvalue weighted by atomic mass is 9.94.